The number of carbonyl (C=O) groups excluding carboxylic acids is 2. The fraction of sp³-hybridized carbons (Fsp3) is 0.471. The summed E-state index contributed by atoms with van der Waals surface area (Å²) in [6, 6.07) is 5.56. The highest BCUT2D eigenvalue weighted by molar-refractivity contribution is 7.90. The highest BCUT2D eigenvalue weighted by Gasteiger charge is 2.47. The van der Waals surface area contributed by atoms with Crippen LogP contribution >= 0.6 is 0 Å². The highest BCUT2D eigenvalue weighted by Crippen LogP contribution is 2.30. The van der Waals surface area contributed by atoms with Gasteiger partial charge in [0.1, 0.15) is 23.2 Å². The van der Waals surface area contributed by atoms with E-state index in [1.807, 2.05) is 0 Å². The lowest BCUT2D eigenvalue weighted by atomic mass is 10.1. The van der Waals surface area contributed by atoms with Crippen LogP contribution in [-0.2, 0) is 29.1 Å². The van der Waals surface area contributed by atoms with E-state index in [1.54, 1.807) is 12.1 Å². The summed E-state index contributed by atoms with van der Waals surface area (Å²) in [7, 11) is -3.92. The molecule has 4 atom stereocenters. The second-order valence-corrected chi connectivity index (χ2v) is 8.40. The Balaban J connectivity index is 0.000000755. The van der Waals surface area contributed by atoms with Crippen LogP contribution in [0.2, 0.25) is 0 Å². The van der Waals surface area contributed by atoms with Crippen LogP contribution in [0, 0.1) is 0 Å². The Hall–Kier alpha value is -2.54. The van der Waals surface area contributed by atoms with Crippen LogP contribution < -0.4 is 5.32 Å². The van der Waals surface area contributed by atoms with Crippen LogP contribution in [0.15, 0.2) is 29.2 Å². The Labute approximate surface area is 166 Å². The van der Waals surface area contributed by atoms with Gasteiger partial charge >= 0.3 is 0 Å². The molecule has 2 fully saturated rings. The van der Waals surface area contributed by atoms with Gasteiger partial charge in [-0.05, 0) is 12.1 Å². The molecule has 3 heterocycles. The van der Waals surface area contributed by atoms with Crippen LogP contribution in [-0.4, -0.2) is 85.3 Å². The lowest BCUT2D eigenvalue weighted by Gasteiger charge is -2.19. The third-order valence-electron chi connectivity index (χ3n) is 4.83. The summed E-state index contributed by atoms with van der Waals surface area (Å²) in [6.45, 7) is -0.127. The van der Waals surface area contributed by atoms with E-state index in [1.165, 1.54) is 12.1 Å². The molecular weight excluding hydrogens is 408 g/mol. The maximum absolute atomic E-state index is 12.4. The number of nitrogens with one attached hydrogen (secondary N) is 1. The van der Waals surface area contributed by atoms with Crippen molar-refractivity contribution in [2.45, 2.75) is 35.7 Å². The summed E-state index contributed by atoms with van der Waals surface area (Å²) in [5.41, 5.74) is 0.119. The number of ether oxygens (including phenoxy) is 2. The van der Waals surface area contributed by atoms with E-state index < -0.39 is 46.2 Å². The summed E-state index contributed by atoms with van der Waals surface area (Å²) in [5.74, 6) is -1.04. The molecule has 0 saturated carbocycles. The van der Waals surface area contributed by atoms with Gasteiger partial charge in [-0.3, -0.25) is 14.4 Å². The average Bonchev–Trinajstić information content (AvgIpc) is 3.30. The van der Waals surface area contributed by atoms with Crippen molar-refractivity contribution in [3.05, 3.63) is 29.8 Å². The third-order valence-corrected chi connectivity index (χ3v) is 6.67. The molecule has 1 aromatic carbocycles. The van der Waals surface area contributed by atoms with Gasteiger partial charge in [0.05, 0.1) is 24.8 Å². The first-order valence-electron chi connectivity index (χ1n) is 8.76. The van der Waals surface area contributed by atoms with E-state index in [4.69, 9.17) is 19.4 Å². The quantitative estimate of drug-likeness (QED) is 0.488. The molecule has 2 saturated heterocycles. The molecule has 3 aliphatic heterocycles. The van der Waals surface area contributed by atoms with Crippen LogP contribution in [0.3, 0.4) is 0 Å². The van der Waals surface area contributed by atoms with Crippen molar-refractivity contribution < 1.29 is 42.5 Å². The Morgan fingerprint density at radius 2 is 1.90 bits per heavy atom. The topological polar surface area (TPSA) is 160 Å². The van der Waals surface area contributed by atoms with Crippen molar-refractivity contribution >= 4 is 28.3 Å². The number of hydrogen-bond donors (Lipinski definition) is 3. The van der Waals surface area contributed by atoms with Gasteiger partial charge in [-0.25, -0.2) is 12.7 Å². The number of amides is 2. The molecule has 12 heteroatoms. The molecule has 0 aromatic heterocycles. The number of rotatable bonds is 4. The minimum atomic E-state index is -3.92. The van der Waals surface area contributed by atoms with Gasteiger partial charge in [-0.2, -0.15) is 0 Å². The van der Waals surface area contributed by atoms with E-state index in [9.17, 15) is 23.1 Å². The molecule has 2 amide bonds. The van der Waals surface area contributed by atoms with Gasteiger partial charge in [-0.15, -0.1) is 0 Å². The molecule has 4 rings (SSSR count). The zero-order chi connectivity index (χ0) is 21.2. The second kappa shape index (κ2) is 8.45. The molecule has 0 radical (unpaired) electrons. The maximum atomic E-state index is 12.4. The fourth-order valence-electron chi connectivity index (χ4n) is 3.54. The van der Waals surface area contributed by atoms with Crippen LogP contribution in [0.4, 0.5) is 0 Å². The normalized spacial score (nSPS) is 28.9. The highest BCUT2D eigenvalue weighted by atomic mass is 32.2. The van der Waals surface area contributed by atoms with Gasteiger partial charge in [-0.1, -0.05) is 12.1 Å². The number of aliphatic hydroxyl groups excluding tert-OH is 1. The number of fused-ring (bicyclic) bond motifs is 2. The summed E-state index contributed by atoms with van der Waals surface area (Å²) in [6.07, 6.45) is -1.77. The molecule has 3 N–H and O–H groups in total. The van der Waals surface area contributed by atoms with Crippen molar-refractivity contribution in [3.8, 4) is 0 Å². The lowest BCUT2D eigenvalue weighted by Crippen LogP contribution is -2.45. The number of aliphatic hydroxyl groups is 1. The van der Waals surface area contributed by atoms with Gasteiger partial charge in [0.25, 0.3) is 22.4 Å². The lowest BCUT2D eigenvalue weighted by molar-refractivity contribution is -0.123. The molecule has 0 aliphatic carbocycles. The minimum Gasteiger partial charge on any atom is -0.483 e. The standard InChI is InChI=1S/C16H18N2O7S.CH2O2/c19-11-8-25-14-10(7-24-15(11)14)17-13(20)5-6-18-16(21)9-3-1-2-4-12(9)26(18,22)23;2-1-3/h1-4,10-11,14-15,19H,5-8H2,(H,17,20);1H,(H,2,3)/t10-,11-,14+,15+;/m0./s1. The molecule has 29 heavy (non-hydrogen) atoms. The Morgan fingerprint density at radius 3 is 2.59 bits per heavy atom. The maximum Gasteiger partial charge on any atom is 0.290 e. The number of carboxylic acid groups (broad SMARTS) is 1. The summed E-state index contributed by atoms with van der Waals surface area (Å²) in [5, 5.41) is 19.3. The zero-order valence-electron chi connectivity index (χ0n) is 15.1. The molecule has 0 unspecified atom stereocenters. The van der Waals surface area contributed by atoms with E-state index in [0.717, 1.165) is 4.31 Å². The molecular formula is C17H20N2O9S. The second-order valence-electron chi connectivity index (χ2n) is 6.57. The Morgan fingerprint density at radius 1 is 1.24 bits per heavy atom. The van der Waals surface area contributed by atoms with Gasteiger partial charge in [0, 0.05) is 13.0 Å². The molecule has 11 nitrogen and oxygen atoms in total. The van der Waals surface area contributed by atoms with Gasteiger partial charge < -0.3 is 25.0 Å². The van der Waals surface area contributed by atoms with Crippen molar-refractivity contribution in [3.63, 3.8) is 0 Å². The number of benzene rings is 1. The first-order chi connectivity index (χ1) is 13.8. The minimum absolute atomic E-state index is 0.0363. The SMILES string of the molecule is O=C(CCN1C(=O)c2ccccc2S1(=O)=O)N[C@H]1CO[C@H]2[C@@H]1OC[C@@H]2O.O=CO. The van der Waals surface area contributed by atoms with Gasteiger partial charge in [0.2, 0.25) is 5.91 Å². The number of carbonyl (C=O) groups is 3. The van der Waals surface area contributed by atoms with Crippen molar-refractivity contribution in [2.75, 3.05) is 19.8 Å². The molecule has 1 aromatic rings. The Bertz CT molecular complexity index is 904. The average molecular weight is 428 g/mol. The molecule has 0 bridgehead atoms. The fourth-order valence-corrected chi connectivity index (χ4v) is 5.11. The number of sulfonamides is 1. The molecule has 3 aliphatic rings. The first kappa shape index (κ1) is 21.2. The largest absolute Gasteiger partial charge is 0.483 e. The van der Waals surface area contributed by atoms with Gasteiger partial charge in [0.15, 0.2) is 0 Å². The van der Waals surface area contributed by atoms with E-state index in [-0.39, 0.29) is 43.1 Å². The smallest absolute Gasteiger partial charge is 0.290 e. The zero-order valence-corrected chi connectivity index (χ0v) is 15.9. The molecule has 0 spiro atoms. The monoisotopic (exact) mass is 428 g/mol. The van der Waals surface area contributed by atoms with E-state index in [0.29, 0.717) is 0 Å². The van der Waals surface area contributed by atoms with Crippen LogP contribution in [0.25, 0.3) is 0 Å². The van der Waals surface area contributed by atoms with Crippen molar-refractivity contribution in [2.24, 2.45) is 0 Å². The predicted molar refractivity (Wildman–Crippen MR) is 95.4 cm³/mol. The summed E-state index contributed by atoms with van der Waals surface area (Å²) >= 11 is 0. The molecule has 158 valence electrons. The van der Waals surface area contributed by atoms with E-state index in [2.05, 4.69) is 5.32 Å². The Kier molecular flexibility index (Phi) is 6.17. The summed E-state index contributed by atoms with van der Waals surface area (Å²) in [4.78, 5) is 32.8. The van der Waals surface area contributed by atoms with Crippen LogP contribution in [0.1, 0.15) is 16.8 Å². The van der Waals surface area contributed by atoms with Crippen LogP contribution in [0.5, 0.6) is 0 Å². The van der Waals surface area contributed by atoms with E-state index >= 15 is 0 Å². The first-order valence-corrected chi connectivity index (χ1v) is 10.2. The number of nitrogens with zero attached hydrogens (tertiary/aromatic N) is 1. The summed E-state index contributed by atoms with van der Waals surface area (Å²) < 4.78 is 36.5. The van der Waals surface area contributed by atoms with Crippen molar-refractivity contribution in [1.29, 1.82) is 0 Å². The third kappa shape index (κ3) is 3.96. The number of hydrogen-bond acceptors (Lipinski definition) is 8. The van der Waals surface area contributed by atoms with Crippen molar-refractivity contribution in [1.82, 2.24) is 9.62 Å². The predicted octanol–water partition coefficient (Wildman–Crippen LogP) is -1.43.